The van der Waals surface area contributed by atoms with Crippen LogP contribution in [0.3, 0.4) is 0 Å². The molecule has 3 heterocycles. The summed E-state index contributed by atoms with van der Waals surface area (Å²) in [5.74, 6) is -0.141. The van der Waals surface area contributed by atoms with E-state index in [1.54, 1.807) is 24.4 Å². The topological polar surface area (TPSA) is 90.9 Å². The van der Waals surface area contributed by atoms with Crippen molar-refractivity contribution in [1.82, 2.24) is 19.7 Å². The van der Waals surface area contributed by atoms with Gasteiger partial charge in [-0.05, 0) is 82.2 Å². The summed E-state index contributed by atoms with van der Waals surface area (Å²) in [7, 11) is -3.73. The Morgan fingerprint density at radius 1 is 1.03 bits per heavy atom. The van der Waals surface area contributed by atoms with E-state index >= 15 is 0 Å². The molecule has 38 heavy (non-hydrogen) atoms. The summed E-state index contributed by atoms with van der Waals surface area (Å²) < 4.78 is 26.4. The van der Waals surface area contributed by atoms with Crippen LogP contribution < -0.4 is 0 Å². The van der Waals surface area contributed by atoms with Gasteiger partial charge in [-0.3, -0.25) is 9.78 Å². The largest absolute Gasteiger partial charge is 0.338 e. The summed E-state index contributed by atoms with van der Waals surface area (Å²) in [5.41, 5.74) is 1.28. The van der Waals surface area contributed by atoms with Crippen LogP contribution in [0.1, 0.15) is 52.6 Å². The molecule has 2 saturated heterocycles. The van der Waals surface area contributed by atoms with Gasteiger partial charge in [-0.2, -0.15) is 0 Å². The molecular formula is C29H44N4O4S. The minimum absolute atomic E-state index is 0. The Morgan fingerprint density at radius 2 is 1.76 bits per heavy atom. The fourth-order valence-corrected chi connectivity index (χ4v) is 6.40. The molecule has 0 saturated carbocycles. The Bertz CT molecular complexity index is 1210. The number of sulfone groups is 1. The molecule has 1 aromatic carbocycles. The first-order chi connectivity index (χ1) is 18.4. The van der Waals surface area contributed by atoms with E-state index in [9.17, 15) is 13.2 Å². The van der Waals surface area contributed by atoms with Gasteiger partial charge in [0.1, 0.15) is 6.79 Å². The first-order valence-electron chi connectivity index (χ1n) is 13.7. The van der Waals surface area contributed by atoms with E-state index in [0.717, 1.165) is 61.9 Å². The number of carbonyl (C=O) groups is 2. The van der Waals surface area contributed by atoms with Gasteiger partial charge in [0.05, 0.1) is 4.90 Å². The molecule has 0 unspecified atom stereocenters. The van der Waals surface area contributed by atoms with Crippen molar-refractivity contribution >= 4 is 33.3 Å². The Balaban J connectivity index is 0.00000174. The number of aryl methyl sites for hydroxylation is 1. The van der Waals surface area contributed by atoms with E-state index in [2.05, 4.69) is 21.7 Å². The number of fused-ring (bicyclic) bond motifs is 1. The van der Waals surface area contributed by atoms with Gasteiger partial charge < -0.3 is 19.5 Å². The average molecular weight is 545 g/mol. The lowest BCUT2D eigenvalue weighted by molar-refractivity contribution is -0.128. The highest BCUT2D eigenvalue weighted by Crippen LogP contribution is 2.24. The molecule has 210 valence electrons. The van der Waals surface area contributed by atoms with Crippen molar-refractivity contribution in [2.45, 2.75) is 57.3 Å². The van der Waals surface area contributed by atoms with Crippen molar-refractivity contribution < 1.29 is 19.4 Å². The third kappa shape index (κ3) is 8.19. The van der Waals surface area contributed by atoms with Crippen LogP contribution in [0.15, 0.2) is 46.3 Å². The van der Waals surface area contributed by atoms with E-state index in [-0.39, 0.29) is 12.2 Å². The number of benzene rings is 1. The number of carbonyl (C=O) groups excluding carboxylic acids is 2. The molecule has 4 rings (SSSR count). The van der Waals surface area contributed by atoms with E-state index in [1.807, 2.05) is 24.7 Å². The lowest BCUT2D eigenvalue weighted by Gasteiger charge is -2.32. The standard InChI is InChI=1S/C28H40N4O3S.CH2O.H2/c1-3-4-11-31(16-15-30-12-5-6-13-30)17-18-32-14-7-8-25(28(32)33)22-36(34,35)27-10-9-24-19-23(2)29-21-26(24)20-27;1-2;/h9-10,19-22H,3-8,11-18H2,1-2H3;1H2;1H/b25-22+;;. The summed E-state index contributed by atoms with van der Waals surface area (Å²) in [6, 6.07) is 7.00. The maximum absolute atomic E-state index is 13.2. The molecule has 2 aromatic rings. The molecule has 1 amide bonds. The highest BCUT2D eigenvalue weighted by Gasteiger charge is 2.26. The van der Waals surface area contributed by atoms with Gasteiger partial charge in [-0.1, -0.05) is 19.4 Å². The predicted molar refractivity (Wildman–Crippen MR) is 154 cm³/mol. The fourth-order valence-electron chi connectivity index (χ4n) is 5.13. The van der Waals surface area contributed by atoms with Crippen molar-refractivity contribution in [3.05, 3.63) is 47.1 Å². The van der Waals surface area contributed by atoms with Crippen LogP contribution in [0.25, 0.3) is 10.8 Å². The van der Waals surface area contributed by atoms with Crippen molar-refractivity contribution in [3.63, 3.8) is 0 Å². The maximum atomic E-state index is 13.2. The van der Waals surface area contributed by atoms with E-state index in [1.165, 1.54) is 31.3 Å². The molecule has 2 fully saturated rings. The molecule has 0 spiro atoms. The summed E-state index contributed by atoms with van der Waals surface area (Å²) >= 11 is 0. The number of hydrogen-bond acceptors (Lipinski definition) is 7. The van der Waals surface area contributed by atoms with Gasteiger partial charge in [0.15, 0.2) is 9.84 Å². The van der Waals surface area contributed by atoms with E-state index in [0.29, 0.717) is 25.1 Å². The van der Waals surface area contributed by atoms with Crippen molar-refractivity contribution in [2.75, 3.05) is 52.4 Å². The lowest BCUT2D eigenvalue weighted by Crippen LogP contribution is -2.44. The second kappa shape index (κ2) is 14.5. The first kappa shape index (κ1) is 29.9. The molecule has 9 heteroatoms. The number of likely N-dealkylation sites (tertiary alicyclic amines) is 2. The summed E-state index contributed by atoms with van der Waals surface area (Å²) in [5, 5.41) is 2.93. The molecule has 0 N–H and O–H groups in total. The monoisotopic (exact) mass is 544 g/mol. The molecule has 1 aromatic heterocycles. The van der Waals surface area contributed by atoms with Crippen molar-refractivity contribution in [2.24, 2.45) is 0 Å². The van der Waals surface area contributed by atoms with Crippen LogP contribution >= 0.6 is 0 Å². The normalized spacial score (nSPS) is 17.8. The summed E-state index contributed by atoms with van der Waals surface area (Å²) in [6.45, 7) is 13.8. The molecule has 0 atom stereocenters. The fraction of sp³-hybridized carbons (Fsp3) is 0.552. The van der Waals surface area contributed by atoms with Crippen LogP contribution in [0.4, 0.5) is 0 Å². The van der Waals surface area contributed by atoms with Crippen LogP contribution in [-0.4, -0.2) is 93.2 Å². The number of unbranched alkanes of at least 4 members (excludes halogenated alkanes) is 1. The Morgan fingerprint density at radius 3 is 2.50 bits per heavy atom. The van der Waals surface area contributed by atoms with Crippen LogP contribution in [0.2, 0.25) is 0 Å². The highest BCUT2D eigenvalue weighted by molar-refractivity contribution is 7.94. The quantitative estimate of drug-likeness (QED) is 0.394. The Labute approximate surface area is 229 Å². The smallest absolute Gasteiger partial charge is 0.250 e. The van der Waals surface area contributed by atoms with E-state index < -0.39 is 9.84 Å². The minimum atomic E-state index is -3.73. The number of piperidine rings is 1. The SMILES string of the molecule is C=O.CCCCN(CCN1CCCC1)CCN1CCC/C(=C\S(=O)(=O)c2ccc3cc(C)ncc3c2)C1=O.[HH]. The maximum Gasteiger partial charge on any atom is 0.250 e. The zero-order valence-electron chi connectivity index (χ0n) is 22.9. The van der Waals surface area contributed by atoms with Gasteiger partial charge in [0, 0.05) is 62.4 Å². The van der Waals surface area contributed by atoms with Crippen molar-refractivity contribution in [1.29, 1.82) is 0 Å². The molecule has 2 aliphatic heterocycles. The average Bonchev–Trinajstić information content (AvgIpc) is 3.44. The lowest BCUT2D eigenvalue weighted by atomic mass is 10.1. The van der Waals surface area contributed by atoms with Crippen LogP contribution in [-0.2, 0) is 19.4 Å². The second-order valence-corrected chi connectivity index (χ2v) is 12.0. The number of nitrogens with zero attached hydrogens (tertiary/aromatic N) is 4. The number of aromatic nitrogens is 1. The zero-order chi connectivity index (χ0) is 27.5. The van der Waals surface area contributed by atoms with Gasteiger partial charge in [-0.25, -0.2) is 8.42 Å². The Kier molecular flexibility index (Phi) is 11.4. The van der Waals surface area contributed by atoms with Gasteiger partial charge in [-0.15, -0.1) is 0 Å². The first-order valence-corrected chi connectivity index (χ1v) is 15.3. The molecule has 0 radical (unpaired) electrons. The zero-order valence-corrected chi connectivity index (χ0v) is 23.7. The molecule has 0 bridgehead atoms. The van der Waals surface area contributed by atoms with Crippen molar-refractivity contribution in [3.8, 4) is 0 Å². The van der Waals surface area contributed by atoms with Crippen LogP contribution in [0.5, 0.6) is 0 Å². The van der Waals surface area contributed by atoms with Crippen LogP contribution in [0, 0.1) is 6.92 Å². The predicted octanol–water partition coefficient (Wildman–Crippen LogP) is 4.08. The molecule has 0 aliphatic carbocycles. The third-order valence-electron chi connectivity index (χ3n) is 7.34. The summed E-state index contributed by atoms with van der Waals surface area (Å²) in [6.07, 6.45) is 7.87. The molecule has 8 nitrogen and oxygen atoms in total. The minimum Gasteiger partial charge on any atom is -0.338 e. The molecular weight excluding hydrogens is 500 g/mol. The Hall–Kier alpha value is -2.62. The number of hydrogen-bond donors (Lipinski definition) is 0. The summed E-state index contributed by atoms with van der Waals surface area (Å²) in [4.78, 5) is 32.5. The second-order valence-electron chi connectivity index (χ2n) is 10.2. The number of pyridine rings is 1. The van der Waals surface area contributed by atoms with Gasteiger partial charge in [0.25, 0.3) is 5.91 Å². The number of amides is 1. The van der Waals surface area contributed by atoms with Gasteiger partial charge in [0.2, 0.25) is 0 Å². The number of rotatable bonds is 11. The van der Waals surface area contributed by atoms with Gasteiger partial charge >= 0.3 is 0 Å². The van der Waals surface area contributed by atoms with E-state index in [4.69, 9.17) is 4.79 Å². The third-order valence-corrected chi connectivity index (χ3v) is 8.84. The molecule has 2 aliphatic rings. The highest BCUT2D eigenvalue weighted by atomic mass is 32.2.